The molecule has 0 N–H and O–H groups in total. The molecule has 122 valence electrons. The summed E-state index contributed by atoms with van der Waals surface area (Å²) in [6.07, 6.45) is 6.46. The summed E-state index contributed by atoms with van der Waals surface area (Å²) in [6, 6.07) is 1.87. The van der Waals surface area contributed by atoms with Crippen LogP contribution in [-0.4, -0.2) is 30.3 Å². The third-order valence-corrected chi connectivity index (χ3v) is 5.48. The number of carbonyl (C=O) groups is 1. The van der Waals surface area contributed by atoms with Crippen LogP contribution in [0.2, 0.25) is 0 Å². The lowest BCUT2D eigenvalue weighted by Crippen LogP contribution is -2.42. The molecule has 1 aromatic rings. The third-order valence-electron chi connectivity index (χ3n) is 5.48. The van der Waals surface area contributed by atoms with Gasteiger partial charge in [0.05, 0.1) is 11.6 Å². The number of piperidine rings is 1. The fourth-order valence-corrected chi connectivity index (χ4v) is 3.91. The van der Waals surface area contributed by atoms with Gasteiger partial charge in [-0.05, 0) is 19.3 Å². The van der Waals surface area contributed by atoms with Crippen molar-refractivity contribution in [1.29, 1.82) is 0 Å². The first-order chi connectivity index (χ1) is 10.5. The van der Waals surface area contributed by atoms with Crippen molar-refractivity contribution in [1.82, 2.24) is 5.16 Å². The summed E-state index contributed by atoms with van der Waals surface area (Å²) in [5.41, 5.74) is -0.220. The topological polar surface area (TPSA) is 55.6 Å². The van der Waals surface area contributed by atoms with Crippen molar-refractivity contribution in [2.45, 2.75) is 59.0 Å². The summed E-state index contributed by atoms with van der Waals surface area (Å²) in [7, 11) is 0. The number of esters is 1. The number of hydrogen-bond donors (Lipinski definition) is 0. The Kier molecular flexibility index (Phi) is 3.91. The molecule has 0 saturated carbocycles. The average Bonchev–Trinajstić information content (AvgIpc) is 3.10. The molecule has 3 heterocycles. The highest BCUT2D eigenvalue weighted by Crippen LogP contribution is 2.48. The van der Waals surface area contributed by atoms with Gasteiger partial charge in [0.2, 0.25) is 5.88 Å². The maximum Gasteiger partial charge on any atom is 0.312 e. The van der Waals surface area contributed by atoms with Crippen molar-refractivity contribution < 1.29 is 14.1 Å². The van der Waals surface area contributed by atoms with Crippen LogP contribution in [0.25, 0.3) is 0 Å². The summed E-state index contributed by atoms with van der Waals surface area (Å²) in [6.45, 7) is 8.27. The van der Waals surface area contributed by atoms with Crippen molar-refractivity contribution >= 4 is 11.9 Å². The summed E-state index contributed by atoms with van der Waals surface area (Å²) < 4.78 is 11.0. The molecule has 0 amide bonds. The molecule has 1 atom stereocenters. The number of anilines is 1. The number of carbonyl (C=O) groups excluding carboxylic acids is 1. The maximum absolute atomic E-state index is 12.5. The Morgan fingerprint density at radius 3 is 2.73 bits per heavy atom. The number of hydrogen-bond acceptors (Lipinski definition) is 5. The molecule has 5 nitrogen and oxygen atoms in total. The highest BCUT2D eigenvalue weighted by Gasteiger charge is 2.53. The average molecular weight is 306 g/mol. The minimum atomic E-state index is -0.286. The van der Waals surface area contributed by atoms with Crippen LogP contribution in [0, 0.1) is 10.8 Å². The smallest absolute Gasteiger partial charge is 0.312 e. The monoisotopic (exact) mass is 306 g/mol. The van der Waals surface area contributed by atoms with Gasteiger partial charge in [0, 0.05) is 31.0 Å². The van der Waals surface area contributed by atoms with Crippen LogP contribution in [0.5, 0.6) is 0 Å². The second-order valence-electron chi connectivity index (χ2n) is 7.45. The number of cyclic esters (lactones) is 1. The second kappa shape index (κ2) is 5.60. The summed E-state index contributed by atoms with van der Waals surface area (Å²) in [5.74, 6) is 0.808. The number of nitrogens with zero attached hydrogens (tertiary/aromatic N) is 2. The lowest BCUT2D eigenvalue weighted by atomic mass is 9.71. The summed E-state index contributed by atoms with van der Waals surface area (Å²) in [4.78, 5) is 14.7. The van der Waals surface area contributed by atoms with E-state index < -0.39 is 0 Å². The summed E-state index contributed by atoms with van der Waals surface area (Å²) in [5, 5.41) is 3.76. The standard InChI is InChI=1S/C17H26N2O3/c1-4-6-16(2,3)13-12-17(15(20)21-13)7-10-19(11-8-17)14-5-9-18-22-14/h5,9,13H,4,6-8,10-12H2,1-3H3. The van der Waals surface area contributed by atoms with Crippen LogP contribution in [0.15, 0.2) is 16.8 Å². The minimum Gasteiger partial charge on any atom is -0.461 e. The first-order valence-corrected chi connectivity index (χ1v) is 8.34. The molecule has 0 aromatic carbocycles. The normalized spacial score (nSPS) is 24.8. The van der Waals surface area contributed by atoms with E-state index in [0.717, 1.165) is 51.1 Å². The first-order valence-electron chi connectivity index (χ1n) is 8.34. The van der Waals surface area contributed by atoms with E-state index in [0.29, 0.717) is 0 Å². The zero-order valence-corrected chi connectivity index (χ0v) is 13.8. The fraction of sp³-hybridized carbons (Fsp3) is 0.765. The first kappa shape index (κ1) is 15.4. The lowest BCUT2D eigenvalue weighted by Gasteiger charge is -2.36. The van der Waals surface area contributed by atoms with Gasteiger partial charge in [0.25, 0.3) is 0 Å². The predicted molar refractivity (Wildman–Crippen MR) is 83.6 cm³/mol. The molecule has 2 saturated heterocycles. The number of ether oxygens (including phenoxy) is 1. The van der Waals surface area contributed by atoms with E-state index in [-0.39, 0.29) is 22.9 Å². The predicted octanol–water partition coefficient (Wildman–Crippen LogP) is 3.40. The quantitative estimate of drug-likeness (QED) is 0.798. The Labute approximate surface area is 132 Å². The molecule has 22 heavy (non-hydrogen) atoms. The van der Waals surface area contributed by atoms with E-state index in [1.54, 1.807) is 6.20 Å². The highest BCUT2D eigenvalue weighted by atomic mass is 16.6. The van der Waals surface area contributed by atoms with Gasteiger partial charge in [-0.25, -0.2) is 0 Å². The number of rotatable bonds is 4. The lowest BCUT2D eigenvalue weighted by molar-refractivity contribution is -0.152. The Bertz CT molecular complexity index is 516. The van der Waals surface area contributed by atoms with E-state index in [4.69, 9.17) is 9.26 Å². The fourth-order valence-electron chi connectivity index (χ4n) is 3.91. The van der Waals surface area contributed by atoms with Gasteiger partial charge >= 0.3 is 5.97 Å². The van der Waals surface area contributed by atoms with Crippen molar-refractivity contribution in [2.75, 3.05) is 18.0 Å². The van der Waals surface area contributed by atoms with E-state index in [2.05, 4.69) is 30.8 Å². The largest absolute Gasteiger partial charge is 0.461 e. The molecular weight excluding hydrogens is 280 g/mol. The van der Waals surface area contributed by atoms with Crippen molar-refractivity contribution in [3.63, 3.8) is 0 Å². The van der Waals surface area contributed by atoms with Crippen molar-refractivity contribution in [3.05, 3.63) is 12.3 Å². The van der Waals surface area contributed by atoms with E-state index in [1.165, 1.54) is 0 Å². The van der Waals surface area contributed by atoms with Crippen LogP contribution in [0.1, 0.15) is 52.9 Å². The SMILES string of the molecule is CCCC(C)(C)C1CC2(CCN(c3ccno3)CC2)C(=O)O1. The molecular formula is C17H26N2O3. The molecule has 0 radical (unpaired) electrons. The van der Waals surface area contributed by atoms with E-state index in [9.17, 15) is 4.79 Å². The molecule has 2 aliphatic heterocycles. The van der Waals surface area contributed by atoms with Gasteiger partial charge in [-0.1, -0.05) is 32.3 Å². The zero-order valence-electron chi connectivity index (χ0n) is 13.8. The number of aromatic nitrogens is 1. The Balaban J connectivity index is 1.67. The molecule has 0 aliphatic carbocycles. The van der Waals surface area contributed by atoms with E-state index in [1.807, 2.05) is 6.07 Å². The van der Waals surface area contributed by atoms with Gasteiger partial charge < -0.3 is 14.2 Å². The maximum atomic E-state index is 12.5. The van der Waals surface area contributed by atoms with Crippen LogP contribution >= 0.6 is 0 Å². The summed E-state index contributed by atoms with van der Waals surface area (Å²) >= 11 is 0. The van der Waals surface area contributed by atoms with Gasteiger partial charge in [-0.2, -0.15) is 0 Å². The van der Waals surface area contributed by atoms with Crippen LogP contribution in [0.3, 0.4) is 0 Å². The molecule has 0 bridgehead atoms. The van der Waals surface area contributed by atoms with Crippen LogP contribution in [0.4, 0.5) is 5.88 Å². The molecule has 5 heteroatoms. The molecule has 3 rings (SSSR count). The van der Waals surface area contributed by atoms with Crippen LogP contribution < -0.4 is 4.90 Å². The third kappa shape index (κ3) is 2.61. The molecule has 2 aliphatic rings. The Morgan fingerprint density at radius 2 is 2.14 bits per heavy atom. The van der Waals surface area contributed by atoms with Gasteiger partial charge in [-0.3, -0.25) is 4.79 Å². The zero-order chi connectivity index (χ0) is 15.8. The minimum absolute atomic E-state index is 0.0129. The molecule has 2 fully saturated rings. The van der Waals surface area contributed by atoms with Gasteiger partial charge in [0.1, 0.15) is 6.10 Å². The Hall–Kier alpha value is -1.52. The van der Waals surface area contributed by atoms with E-state index >= 15 is 0 Å². The Morgan fingerprint density at radius 1 is 1.41 bits per heavy atom. The van der Waals surface area contributed by atoms with Crippen LogP contribution in [-0.2, 0) is 9.53 Å². The highest BCUT2D eigenvalue weighted by molar-refractivity contribution is 5.79. The van der Waals surface area contributed by atoms with Crippen molar-refractivity contribution in [2.24, 2.45) is 10.8 Å². The van der Waals surface area contributed by atoms with Crippen molar-refractivity contribution in [3.8, 4) is 0 Å². The molecule has 1 unspecified atom stereocenters. The molecule has 1 spiro atoms. The van der Waals surface area contributed by atoms with Gasteiger partial charge in [-0.15, -0.1) is 0 Å². The van der Waals surface area contributed by atoms with Gasteiger partial charge in [0.15, 0.2) is 0 Å². The molecule has 1 aromatic heterocycles. The second-order valence-corrected chi connectivity index (χ2v) is 7.45.